The summed E-state index contributed by atoms with van der Waals surface area (Å²) in [5.41, 5.74) is -0.0718. The lowest BCUT2D eigenvalue weighted by molar-refractivity contribution is 0.0694. The zero-order valence-corrected chi connectivity index (χ0v) is 20.7. The molecule has 0 radical (unpaired) electrons. The standard InChI is InChI=1S/C24H26N6O5S/c1-3-28-14-18(22(33)34)19(31)17-13-25-23(26-20(17)28)29-8-10-30(11-9-29)24(36)27-21(32)15-6-5-7-16(12-15)35-4-2/h5-7,12-14H,3-4,8-11H2,1-2H3,(H,33,34)(H,27,32,36). The van der Waals surface area contributed by atoms with Gasteiger partial charge in [0, 0.05) is 50.7 Å². The molecule has 11 nitrogen and oxygen atoms in total. The van der Waals surface area contributed by atoms with Crippen LogP contribution in [0.25, 0.3) is 11.0 Å². The Morgan fingerprint density at radius 2 is 1.94 bits per heavy atom. The van der Waals surface area contributed by atoms with E-state index in [0.29, 0.717) is 67.4 Å². The lowest BCUT2D eigenvalue weighted by Crippen LogP contribution is -2.53. The lowest BCUT2D eigenvalue weighted by atomic mass is 10.2. The average Bonchev–Trinajstić information content (AvgIpc) is 2.89. The van der Waals surface area contributed by atoms with Gasteiger partial charge >= 0.3 is 5.97 Å². The van der Waals surface area contributed by atoms with E-state index in [0.717, 1.165) is 0 Å². The summed E-state index contributed by atoms with van der Waals surface area (Å²) < 4.78 is 7.08. The molecule has 0 unspecified atom stereocenters. The second-order valence-electron chi connectivity index (χ2n) is 8.06. The van der Waals surface area contributed by atoms with E-state index >= 15 is 0 Å². The van der Waals surface area contributed by atoms with Gasteiger partial charge in [-0.3, -0.25) is 14.9 Å². The predicted octanol–water partition coefficient (Wildman–Crippen LogP) is 1.75. The van der Waals surface area contributed by atoms with Crippen LogP contribution in [0.2, 0.25) is 0 Å². The Kier molecular flexibility index (Phi) is 7.44. The Bertz CT molecular complexity index is 1380. The summed E-state index contributed by atoms with van der Waals surface area (Å²) >= 11 is 5.46. The van der Waals surface area contributed by atoms with E-state index in [2.05, 4.69) is 15.3 Å². The number of hydrogen-bond donors (Lipinski definition) is 2. The van der Waals surface area contributed by atoms with Crippen LogP contribution in [0.15, 0.2) is 41.5 Å². The number of aryl methyl sites for hydroxylation is 1. The van der Waals surface area contributed by atoms with Crippen molar-refractivity contribution in [3.05, 3.63) is 58.0 Å². The third kappa shape index (κ3) is 5.13. The summed E-state index contributed by atoms with van der Waals surface area (Å²) in [5, 5.41) is 12.6. The van der Waals surface area contributed by atoms with Gasteiger partial charge in [-0.2, -0.15) is 4.98 Å². The number of hydrogen-bond acceptors (Lipinski definition) is 8. The van der Waals surface area contributed by atoms with Crippen LogP contribution in [0, 0.1) is 0 Å². The second kappa shape index (κ2) is 10.7. The largest absolute Gasteiger partial charge is 0.494 e. The first-order chi connectivity index (χ1) is 17.3. The minimum absolute atomic E-state index is 0.163. The number of nitrogens with one attached hydrogen (secondary N) is 1. The van der Waals surface area contributed by atoms with Crippen molar-refractivity contribution in [3.63, 3.8) is 0 Å². The van der Waals surface area contributed by atoms with Crippen molar-refractivity contribution in [2.75, 3.05) is 37.7 Å². The number of piperazine rings is 1. The molecule has 0 bridgehead atoms. The topological polar surface area (TPSA) is 130 Å². The number of carboxylic acids is 1. The zero-order valence-electron chi connectivity index (χ0n) is 19.9. The van der Waals surface area contributed by atoms with Crippen LogP contribution in [0.1, 0.15) is 34.6 Å². The number of carbonyl (C=O) groups excluding carboxylic acids is 1. The number of amides is 1. The Hall–Kier alpha value is -4.06. The van der Waals surface area contributed by atoms with E-state index in [1.807, 2.05) is 23.6 Å². The molecule has 3 aromatic rings. The first kappa shape index (κ1) is 25.0. The Balaban J connectivity index is 1.43. The number of thiocarbonyl (C=S) groups is 1. The number of fused-ring (bicyclic) bond motifs is 1. The molecular weight excluding hydrogens is 484 g/mol. The Morgan fingerprint density at radius 3 is 2.61 bits per heavy atom. The van der Waals surface area contributed by atoms with E-state index < -0.39 is 11.4 Å². The molecule has 1 aromatic carbocycles. The molecule has 188 valence electrons. The van der Waals surface area contributed by atoms with Crippen molar-refractivity contribution in [2.45, 2.75) is 20.4 Å². The van der Waals surface area contributed by atoms with Crippen molar-refractivity contribution in [3.8, 4) is 5.75 Å². The Morgan fingerprint density at radius 1 is 1.19 bits per heavy atom. The molecule has 1 aliphatic heterocycles. The molecule has 1 amide bonds. The molecule has 1 saturated heterocycles. The lowest BCUT2D eigenvalue weighted by Gasteiger charge is -2.36. The van der Waals surface area contributed by atoms with Gasteiger partial charge in [-0.1, -0.05) is 6.07 Å². The van der Waals surface area contributed by atoms with Crippen LogP contribution in [0.3, 0.4) is 0 Å². The van der Waals surface area contributed by atoms with Gasteiger partial charge in [0.1, 0.15) is 17.0 Å². The minimum atomic E-state index is -1.28. The number of carbonyl (C=O) groups is 2. The van der Waals surface area contributed by atoms with E-state index in [4.69, 9.17) is 17.0 Å². The van der Waals surface area contributed by atoms with Crippen molar-refractivity contribution >= 4 is 46.2 Å². The van der Waals surface area contributed by atoms with E-state index in [9.17, 15) is 19.5 Å². The highest BCUT2D eigenvalue weighted by atomic mass is 32.1. The minimum Gasteiger partial charge on any atom is -0.494 e. The second-order valence-corrected chi connectivity index (χ2v) is 8.45. The van der Waals surface area contributed by atoms with Crippen LogP contribution in [-0.4, -0.2) is 74.3 Å². The molecule has 1 aliphatic rings. The fourth-order valence-electron chi connectivity index (χ4n) is 3.96. The van der Waals surface area contributed by atoms with Gasteiger partial charge in [0.05, 0.1) is 12.0 Å². The quantitative estimate of drug-likeness (QED) is 0.473. The van der Waals surface area contributed by atoms with Gasteiger partial charge in [-0.05, 0) is 44.3 Å². The number of benzene rings is 1. The fraction of sp³-hybridized carbons (Fsp3) is 0.333. The number of pyridine rings is 1. The first-order valence-electron chi connectivity index (χ1n) is 11.5. The molecule has 36 heavy (non-hydrogen) atoms. The Labute approximate surface area is 212 Å². The first-order valence-corrected chi connectivity index (χ1v) is 11.9. The van der Waals surface area contributed by atoms with Crippen LogP contribution >= 0.6 is 12.2 Å². The molecule has 4 rings (SSSR count). The number of nitrogens with zero attached hydrogens (tertiary/aromatic N) is 5. The molecule has 3 heterocycles. The number of aromatic nitrogens is 3. The van der Waals surface area contributed by atoms with Crippen LogP contribution in [0.5, 0.6) is 5.75 Å². The van der Waals surface area contributed by atoms with E-state index in [-0.39, 0.29) is 16.9 Å². The van der Waals surface area contributed by atoms with Crippen molar-refractivity contribution in [1.82, 2.24) is 24.8 Å². The molecule has 0 saturated carbocycles. The van der Waals surface area contributed by atoms with Gasteiger partial charge in [0.2, 0.25) is 11.4 Å². The molecule has 0 spiro atoms. The summed E-state index contributed by atoms with van der Waals surface area (Å²) in [6, 6.07) is 6.92. The summed E-state index contributed by atoms with van der Waals surface area (Å²) in [6.07, 6.45) is 2.69. The maximum Gasteiger partial charge on any atom is 0.341 e. The molecule has 2 N–H and O–H groups in total. The molecule has 0 atom stereocenters. The average molecular weight is 511 g/mol. The van der Waals surface area contributed by atoms with Crippen molar-refractivity contribution < 1.29 is 19.4 Å². The van der Waals surface area contributed by atoms with Gasteiger partial charge < -0.3 is 24.2 Å². The van der Waals surface area contributed by atoms with Gasteiger partial charge in [-0.25, -0.2) is 9.78 Å². The molecule has 1 fully saturated rings. The number of carboxylic acid groups (broad SMARTS) is 1. The van der Waals surface area contributed by atoms with Gasteiger partial charge in [0.15, 0.2) is 5.11 Å². The summed E-state index contributed by atoms with van der Waals surface area (Å²) in [5.74, 6) is -0.531. The van der Waals surface area contributed by atoms with Crippen molar-refractivity contribution in [2.24, 2.45) is 0 Å². The normalized spacial score (nSPS) is 13.5. The van der Waals surface area contributed by atoms with Crippen molar-refractivity contribution in [1.29, 1.82) is 0 Å². The highest BCUT2D eigenvalue weighted by molar-refractivity contribution is 7.80. The monoisotopic (exact) mass is 510 g/mol. The van der Waals surface area contributed by atoms with Gasteiger partial charge in [-0.15, -0.1) is 0 Å². The number of aromatic carboxylic acids is 1. The molecular formula is C24H26N6O5S. The van der Waals surface area contributed by atoms with E-state index in [1.54, 1.807) is 28.8 Å². The number of anilines is 1. The molecule has 0 aliphatic carbocycles. The summed E-state index contributed by atoms with van der Waals surface area (Å²) in [7, 11) is 0. The van der Waals surface area contributed by atoms with Crippen LogP contribution in [0.4, 0.5) is 5.95 Å². The molecule has 12 heteroatoms. The maximum atomic E-state index is 12.6. The number of ether oxygens (including phenoxy) is 1. The number of rotatable bonds is 6. The zero-order chi connectivity index (χ0) is 25.8. The highest BCUT2D eigenvalue weighted by Gasteiger charge is 2.23. The smallest absolute Gasteiger partial charge is 0.341 e. The third-order valence-electron chi connectivity index (χ3n) is 5.85. The predicted molar refractivity (Wildman–Crippen MR) is 138 cm³/mol. The van der Waals surface area contributed by atoms with Crippen LogP contribution < -0.4 is 20.4 Å². The third-order valence-corrected chi connectivity index (χ3v) is 6.21. The molecule has 2 aromatic heterocycles. The summed E-state index contributed by atoms with van der Waals surface area (Å²) in [4.78, 5) is 49.3. The van der Waals surface area contributed by atoms with Gasteiger partial charge in [0.25, 0.3) is 5.91 Å². The maximum absolute atomic E-state index is 12.6. The fourth-order valence-corrected chi connectivity index (χ4v) is 4.24. The van der Waals surface area contributed by atoms with E-state index in [1.165, 1.54) is 12.4 Å². The van der Waals surface area contributed by atoms with Crippen LogP contribution in [-0.2, 0) is 6.54 Å². The highest BCUT2D eigenvalue weighted by Crippen LogP contribution is 2.17. The SMILES string of the molecule is CCOc1cccc(C(=O)NC(=S)N2CCN(c3ncc4c(=O)c(C(=O)O)cn(CC)c4n3)CC2)c1. The summed E-state index contributed by atoms with van der Waals surface area (Å²) in [6.45, 7) is 6.85.